The lowest BCUT2D eigenvalue weighted by Crippen LogP contribution is -2.24. The molecule has 19 heavy (non-hydrogen) atoms. The third-order valence-corrected chi connectivity index (χ3v) is 3.20. The first kappa shape index (κ1) is 11.5. The Morgan fingerprint density at radius 1 is 0.947 bits per heavy atom. The normalized spacial score (nSPS) is 17.6. The summed E-state index contributed by atoms with van der Waals surface area (Å²) in [6.07, 6.45) is 1.28. The number of carbonyl (C=O) groups is 1. The van der Waals surface area contributed by atoms with Crippen LogP contribution < -0.4 is 5.32 Å². The van der Waals surface area contributed by atoms with E-state index in [-0.39, 0.29) is 11.5 Å². The zero-order valence-corrected chi connectivity index (χ0v) is 10.2. The molecular weight excluding hydrogens is 238 g/mol. The van der Waals surface area contributed by atoms with Crippen LogP contribution in [0, 0.1) is 0 Å². The fourth-order valence-electron chi connectivity index (χ4n) is 2.28. The lowest BCUT2D eigenvalue weighted by molar-refractivity contribution is -0.115. The number of carbonyl (C=O) groups excluding carboxylic acids is 1. The van der Waals surface area contributed by atoms with Gasteiger partial charge >= 0.3 is 0 Å². The Kier molecular flexibility index (Phi) is 2.80. The lowest BCUT2D eigenvalue weighted by Gasteiger charge is -2.24. The third-order valence-electron chi connectivity index (χ3n) is 3.20. The number of fused-ring (bicyclic) bond motifs is 1. The van der Waals surface area contributed by atoms with E-state index in [0.29, 0.717) is 5.56 Å². The van der Waals surface area contributed by atoms with Gasteiger partial charge in [-0.25, -0.2) is 0 Å². The third kappa shape index (κ3) is 2.10. The summed E-state index contributed by atoms with van der Waals surface area (Å²) in [5, 5.41) is 13.0. The molecule has 0 fully saturated rings. The predicted molar refractivity (Wildman–Crippen MR) is 74.9 cm³/mol. The molecule has 1 aliphatic rings. The minimum atomic E-state index is -0.450. The molecule has 3 rings (SSSR count). The van der Waals surface area contributed by atoms with E-state index in [0.717, 1.165) is 11.3 Å². The van der Waals surface area contributed by atoms with Gasteiger partial charge in [-0.15, -0.1) is 0 Å². The number of hydrogen-bond donors (Lipinski definition) is 2. The van der Waals surface area contributed by atoms with Gasteiger partial charge in [0.15, 0.2) is 5.78 Å². The van der Waals surface area contributed by atoms with E-state index in [4.69, 9.17) is 0 Å². The lowest BCUT2D eigenvalue weighted by atomic mass is 9.90. The number of benzene rings is 2. The van der Waals surface area contributed by atoms with Crippen molar-refractivity contribution in [1.82, 2.24) is 0 Å². The fraction of sp³-hybridized carbons (Fsp3) is 0.0625. The van der Waals surface area contributed by atoms with Crippen molar-refractivity contribution in [2.24, 2.45) is 0 Å². The summed E-state index contributed by atoms with van der Waals surface area (Å²) in [4.78, 5) is 12.1. The first-order chi connectivity index (χ1) is 9.25. The Morgan fingerprint density at radius 2 is 1.63 bits per heavy atom. The van der Waals surface area contributed by atoms with Crippen molar-refractivity contribution < 1.29 is 9.90 Å². The van der Waals surface area contributed by atoms with Gasteiger partial charge in [-0.2, -0.15) is 0 Å². The van der Waals surface area contributed by atoms with Crippen LogP contribution in [0.25, 0.3) is 5.76 Å². The summed E-state index contributed by atoms with van der Waals surface area (Å²) in [6, 6.07) is 16.5. The molecule has 1 aliphatic carbocycles. The van der Waals surface area contributed by atoms with Gasteiger partial charge in [-0.05, 0) is 17.7 Å². The van der Waals surface area contributed by atoms with Gasteiger partial charge in [0.05, 0.1) is 0 Å². The number of aliphatic hydroxyl groups excluding tert-OH is 1. The molecule has 0 heterocycles. The van der Waals surface area contributed by atoms with E-state index >= 15 is 0 Å². The van der Waals surface area contributed by atoms with Gasteiger partial charge in [0, 0.05) is 17.3 Å². The quantitative estimate of drug-likeness (QED) is 0.860. The Labute approximate surface area is 111 Å². The van der Waals surface area contributed by atoms with Crippen LogP contribution in [-0.4, -0.2) is 10.9 Å². The Balaban J connectivity index is 2.00. The molecule has 1 atom stereocenters. The maximum absolute atomic E-state index is 12.1. The molecule has 2 N–H and O–H groups in total. The number of rotatable bonds is 2. The summed E-state index contributed by atoms with van der Waals surface area (Å²) >= 11 is 0. The van der Waals surface area contributed by atoms with E-state index in [9.17, 15) is 9.90 Å². The molecule has 2 aromatic rings. The zero-order chi connectivity index (χ0) is 13.2. The van der Waals surface area contributed by atoms with E-state index < -0.39 is 6.04 Å². The Morgan fingerprint density at radius 3 is 2.42 bits per heavy atom. The van der Waals surface area contributed by atoms with Gasteiger partial charge < -0.3 is 10.4 Å². The molecule has 0 saturated carbocycles. The minimum absolute atomic E-state index is 0.0340. The van der Waals surface area contributed by atoms with E-state index in [1.165, 1.54) is 6.08 Å². The van der Waals surface area contributed by atoms with Crippen molar-refractivity contribution >= 4 is 17.2 Å². The van der Waals surface area contributed by atoms with E-state index in [2.05, 4.69) is 5.32 Å². The second-order valence-corrected chi connectivity index (χ2v) is 4.46. The summed E-state index contributed by atoms with van der Waals surface area (Å²) in [5.41, 5.74) is 2.39. The molecule has 2 aromatic carbocycles. The van der Waals surface area contributed by atoms with Crippen molar-refractivity contribution in [1.29, 1.82) is 0 Å². The Bertz CT molecular complexity index is 647. The average molecular weight is 251 g/mol. The maximum Gasteiger partial charge on any atom is 0.186 e. The molecule has 0 amide bonds. The van der Waals surface area contributed by atoms with Crippen LogP contribution in [0.1, 0.15) is 17.2 Å². The van der Waals surface area contributed by atoms with Crippen LogP contribution in [-0.2, 0) is 4.79 Å². The standard InChI is InChI=1S/C16H13NO2/c18-14-10-15(19)16(13-9-5-4-8-12(13)14)17-11-6-2-1-3-7-11/h1-10,16-18H. The van der Waals surface area contributed by atoms with Crippen molar-refractivity contribution in [2.75, 3.05) is 5.32 Å². The van der Waals surface area contributed by atoms with Crippen LogP contribution in [0.3, 0.4) is 0 Å². The van der Waals surface area contributed by atoms with Crippen molar-refractivity contribution in [3.8, 4) is 0 Å². The van der Waals surface area contributed by atoms with E-state index in [1.54, 1.807) is 0 Å². The zero-order valence-electron chi connectivity index (χ0n) is 10.2. The highest BCUT2D eigenvalue weighted by atomic mass is 16.3. The summed E-state index contributed by atoms with van der Waals surface area (Å²) in [7, 11) is 0. The van der Waals surface area contributed by atoms with Gasteiger partial charge in [-0.3, -0.25) is 4.79 Å². The SMILES string of the molecule is O=C1C=C(O)c2ccccc2C1Nc1ccccc1. The molecule has 0 spiro atoms. The number of para-hydroxylation sites is 1. The number of aliphatic hydroxyl groups is 1. The smallest absolute Gasteiger partial charge is 0.186 e. The number of ketones is 1. The van der Waals surface area contributed by atoms with Crippen LogP contribution in [0.15, 0.2) is 60.7 Å². The van der Waals surface area contributed by atoms with Crippen LogP contribution in [0.2, 0.25) is 0 Å². The summed E-state index contributed by atoms with van der Waals surface area (Å²) in [6.45, 7) is 0. The maximum atomic E-state index is 12.1. The van der Waals surface area contributed by atoms with Crippen LogP contribution in [0.4, 0.5) is 5.69 Å². The second-order valence-electron chi connectivity index (χ2n) is 4.46. The predicted octanol–water partition coefficient (Wildman–Crippen LogP) is 3.32. The van der Waals surface area contributed by atoms with Crippen LogP contribution in [0.5, 0.6) is 0 Å². The number of hydrogen-bond acceptors (Lipinski definition) is 3. The monoisotopic (exact) mass is 251 g/mol. The first-order valence-corrected chi connectivity index (χ1v) is 6.11. The van der Waals surface area contributed by atoms with Gasteiger partial charge in [-0.1, -0.05) is 42.5 Å². The summed E-state index contributed by atoms with van der Waals surface area (Å²) < 4.78 is 0. The highest BCUT2D eigenvalue weighted by Crippen LogP contribution is 2.31. The molecule has 3 nitrogen and oxygen atoms in total. The fourth-order valence-corrected chi connectivity index (χ4v) is 2.28. The molecule has 94 valence electrons. The van der Waals surface area contributed by atoms with Crippen molar-refractivity contribution in [3.63, 3.8) is 0 Å². The largest absolute Gasteiger partial charge is 0.507 e. The summed E-state index contributed by atoms with van der Waals surface area (Å²) in [5.74, 6) is -0.105. The van der Waals surface area contributed by atoms with Gasteiger partial charge in [0.2, 0.25) is 0 Å². The topological polar surface area (TPSA) is 49.3 Å². The first-order valence-electron chi connectivity index (χ1n) is 6.11. The van der Waals surface area contributed by atoms with Gasteiger partial charge in [0.25, 0.3) is 0 Å². The van der Waals surface area contributed by atoms with Crippen molar-refractivity contribution in [2.45, 2.75) is 6.04 Å². The van der Waals surface area contributed by atoms with E-state index in [1.807, 2.05) is 54.6 Å². The molecule has 0 saturated heterocycles. The van der Waals surface area contributed by atoms with Crippen LogP contribution >= 0.6 is 0 Å². The number of nitrogens with one attached hydrogen (secondary N) is 1. The molecule has 1 unspecified atom stereocenters. The molecule has 0 aromatic heterocycles. The molecule has 0 bridgehead atoms. The Hall–Kier alpha value is -2.55. The number of anilines is 1. The average Bonchev–Trinajstić information content (AvgIpc) is 2.45. The molecule has 3 heteroatoms. The highest BCUT2D eigenvalue weighted by molar-refractivity contribution is 6.04. The highest BCUT2D eigenvalue weighted by Gasteiger charge is 2.27. The molecular formula is C16H13NO2. The second kappa shape index (κ2) is 4.61. The minimum Gasteiger partial charge on any atom is -0.507 e. The van der Waals surface area contributed by atoms with Gasteiger partial charge in [0.1, 0.15) is 11.8 Å². The molecule has 0 aliphatic heterocycles. The molecule has 0 radical (unpaired) electrons. The van der Waals surface area contributed by atoms with Crippen molar-refractivity contribution in [3.05, 3.63) is 71.8 Å².